The molecule has 5 nitrogen and oxygen atoms in total. The van der Waals surface area contributed by atoms with E-state index in [-0.39, 0.29) is 30.9 Å². The van der Waals surface area contributed by atoms with Gasteiger partial charge in [-0.2, -0.15) is 0 Å². The molecule has 0 saturated carbocycles. The van der Waals surface area contributed by atoms with Crippen molar-refractivity contribution >= 4 is 12.0 Å². The lowest BCUT2D eigenvalue weighted by Gasteiger charge is -2.23. The van der Waals surface area contributed by atoms with E-state index in [2.05, 4.69) is 0 Å². The van der Waals surface area contributed by atoms with Crippen LogP contribution in [-0.4, -0.2) is 40.8 Å². The van der Waals surface area contributed by atoms with Crippen LogP contribution in [0, 0.1) is 5.92 Å². The molecule has 1 aliphatic heterocycles. The van der Waals surface area contributed by atoms with Crippen LogP contribution in [0.1, 0.15) is 32.3 Å². The molecule has 0 aromatic heterocycles. The van der Waals surface area contributed by atoms with Gasteiger partial charge in [-0.1, -0.05) is 44.2 Å². The number of nitrogens with zero attached hydrogens (tertiary/aromatic N) is 1. The second-order valence-corrected chi connectivity index (χ2v) is 6.03. The van der Waals surface area contributed by atoms with E-state index < -0.39 is 12.2 Å². The quantitative estimate of drug-likeness (QED) is 0.876. The molecular weight excluding hydrogens is 282 g/mol. The van der Waals surface area contributed by atoms with Crippen LogP contribution in [0.15, 0.2) is 30.3 Å². The van der Waals surface area contributed by atoms with Gasteiger partial charge in [0.05, 0.1) is 18.6 Å². The number of aryl methyl sites for hydroxylation is 1. The second kappa shape index (κ2) is 7.40. The number of benzene rings is 1. The van der Waals surface area contributed by atoms with Gasteiger partial charge in [-0.05, 0) is 24.3 Å². The molecule has 5 heteroatoms. The lowest BCUT2D eigenvalue weighted by Crippen LogP contribution is -2.43. The summed E-state index contributed by atoms with van der Waals surface area (Å²) in [6, 6.07) is 9.57. The van der Waals surface area contributed by atoms with E-state index in [1.54, 1.807) is 0 Å². The van der Waals surface area contributed by atoms with E-state index in [1.807, 2.05) is 44.2 Å². The highest BCUT2D eigenvalue weighted by Gasteiger charge is 2.39. The molecular formula is C17H23NO4. The molecule has 1 heterocycles. The molecule has 120 valence electrons. The van der Waals surface area contributed by atoms with Crippen LogP contribution < -0.4 is 0 Å². The van der Waals surface area contributed by atoms with Gasteiger partial charge in [0, 0.05) is 0 Å². The fourth-order valence-corrected chi connectivity index (χ4v) is 2.59. The Bertz CT molecular complexity index is 515. The van der Waals surface area contributed by atoms with Crippen molar-refractivity contribution in [1.29, 1.82) is 0 Å². The molecule has 1 aromatic rings. The summed E-state index contributed by atoms with van der Waals surface area (Å²) < 4.78 is 4.96. The second-order valence-electron chi connectivity index (χ2n) is 6.03. The molecule has 0 bridgehead atoms. The number of aliphatic hydroxyl groups excluding tert-OH is 1. The number of carbonyl (C=O) groups is 2. The number of rotatable bonds is 6. The van der Waals surface area contributed by atoms with Crippen LogP contribution in [0.2, 0.25) is 0 Å². The first kappa shape index (κ1) is 16.5. The summed E-state index contributed by atoms with van der Waals surface area (Å²) >= 11 is 0. The highest BCUT2D eigenvalue weighted by Crippen LogP contribution is 2.21. The van der Waals surface area contributed by atoms with Gasteiger partial charge in [0.15, 0.2) is 0 Å². The van der Waals surface area contributed by atoms with Crippen LogP contribution in [-0.2, 0) is 16.0 Å². The van der Waals surface area contributed by atoms with Crippen LogP contribution >= 0.6 is 0 Å². The molecule has 1 saturated heterocycles. The number of hydrogen-bond donors (Lipinski definition) is 1. The summed E-state index contributed by atoms with van der Waals surface area (Å²) in [6.45, 7) is 4.12. The number of carbonyl (C=O) groups excluding carboxylic acids is 2. The Morgan fingerprint density at radius 1 is 1.36 bits per heavy atom. The zero-order valence-electron chi connectivity index (χ0n) is 13.1. The number of hydrogen-bond acceptors (Lipinski definition) is 4. The fourth-order valence-electron chi connectivity index (χ4n) is 2.59. The molecule has 2 rings (SSSR count). The third-order valence-electron chi connectivity index (χ3n) is 3.96. The third-order valence-corrected chi connectivity index (χ3v) is 3.96. The van der Waals surface area contributed by atoms with Crippen LogP contribution in [0.4, 0.5) is 4.79 Å². The van der Waals surface area contributed by atoms with E-state index in [9.17, 15) is 14.7 Å². The van der Waals surface area contributed by atoms with Gasteiger partial charge in [0.25, 0.3) is 0 Å². The average molecular weight is 305 g/mol. The Morgan fingerprint density at radius 3 is 2.68 bits per heavy atom. The number of aliphatic hydroxyl groups is 1. The molecule has 1 aromatic carbocycles. The SMILES string of the molecule is CC(C)[C@H]1COC(=O)N1C(=O)C[C@@H](O)CCc1ccccc1. The number of ether oxygens (including phenoxy) is 1. The van der Waals surface area contributed by atoms with Gasteiger partial charge in [0.2, 0.25) is 5.91 Å². The highest BCUT2D eigenvalue weighted by molar-refractivity contribution is 5.93. The monoisotopic (exact) mass is 305 g/mol. The van der Waals surface area contributed by atoms with Gasteiger partial charge >= 0.3 is 6.09 Å². The van der Waals surface area contributed by atoms with E-state index in [4.69, 9.17) is 4.74 Å². The maximum Gasteiger partial charge on any atom is 0.416 e. The summed E-state index contributed by atoms with van der Waals surface area (Å²) in [6.07, 6.45) is -0.211. The topological polar surface area (TPSA) is 66.8 Å². The van der Waals surface area contributed by atoms with Crippen molar-refractivity contribution in [2.45, 2.75) is 45.3 Å². The van der Waals surface area contributed by atoms with E-state index in [1.165, 1.54) is 0 Å². The minimum atomic E-state index is -0.756. The highest BCUT2D eigenvalue weighted by atomic mass is 16.6. The molecule has 1 N–H and O–H groups in total. The van der Waals surface area contributed by atoms with Gasteiger partial charge in [-0.25, -0.2) is 9.69 Å². The summed E-state index contributed by atoms with van der Waals surface area (Å²) in [5.74, 6) is -0.223. The Hall–Kier alpha value is -1.88. The molecule has 0 unspecified atom stereocenters. The van der Waals surface area contributed by atoms with Crippen molar-refractivity contribution < 1.29 is 19.4 Å². The average Bonchev–Trinajstić information content (AvgIpc) is 2.88. The summed E-state index contributed by atoms with van der Waals surface area (Å²) in [5.41, 5.74) is 1.12. The zero-order chi connectivity index (χ0) is 16.1. The Kier molecular flexibility index (Phi) is 5.55. The number of imide groups is 1. The Balaban J connectivity index is 1.86. The number of amides is 2. The lowest BCUT2D eigenvalue weighted by molar-refractivity contribution is -0.131. The fraction of sp³-hybridized carbons (Fsp3) is 0.529. The third kappa shape index (κ3) is 4.07. The minimum Gasteiger partial charge on any atom is -0.447 e. The van der Waals surface area contributed by atoms with Gasteiger partial charge < -0.3 is 9.84 Å². The smallest absolute Gasteiger partial charge is 0.416 e. The van der Waals surface area contributed by atoms with Gasteiger partial charge in [-0.15, -0.1) is 0 Å². The largest absolute Gasteiger partial charge is 0.447 e. The molecule has 1 fully saturated rings. The molecule has 2 amide bonds. The van der Waals surface area contributed by atoms with Gasteiger partial charge in [0.1, 0.15) is 6.61 Å². The molecule has 0 aliphatic carbocycles. The van der Waals surface area contributed by atoms with Crippen LogP contribution in [0.5, 0.6) is 0 Å². The molecule has 0 spiro atoms. The van der Waals surface area contributed by atoms with Gasteiger partial charge in [-0.3, -0.25) is 4.79 Å². The van der Waals surface area contributed by atoms with Crippen molar-refractivity contribution in [3.05, 3.63) is 35.9 Å². The van der Waals surface area contributed by atoms with Crippen molar-refractivity contribution in [3.63, 3.8) is 0 Å². The minimum absolute atomic E-state index is 0.0504. The van der Waals surface area contributed by atoms with E-state index >= 15 is 0 Å². The lowest BCUT2D eigenvalue weighted by atomic mass is 10.0. The first-order chi connectivity index (χ1) is 10.5. The molecule has 1 aliphatic rings. The first-order valence-corrected chi connectivity index (χ1v) is 7.70. The van der Waals surface area contributed by atoms with Crippen LogP contribution in [0.25, 0.3) is 0 Å². The predicted octanol–water partition coefficient (Wildman–Crippen LogP) is 2.37. The summed E-state index contributed by atoms with van der Waals surface area (Å²) in [5, 5.41) is 10.1. The van der Waals surface area contributed by atoms with Crippen molar-refractivity contribution in [2.24, 2.45) is 5.92 Å². The molecule has 22 heavy (non-hydrogen) atoms. The molecule has 2 atom stereocenters. The van der Waals surface area contributed by atoms with Crippen molar-refractivity contribution in [3.8, 4) is 0 Å². The van der Waals surface area contributed by atoms with Crippen molar-refractivity contribution in [1.82, 2.24) is 4.90 Å². The van der Waals surface area contributed by atoms with Crippen molar-refractivity contribution in [2.75, 3.05) is 6.61 Å². The molecule has 0 radical (unpaired) electrons. The Morgan fingerprint density at radius 2 is 2.05 bits per heavy atom. The van der Waals surface area contributed by atoms with Crippen LogP contribution in [0.3, 0.4) is 0 Å². The summed E-state index contributed by atoms with van der Waals surface area (Å²) in [7, 11) is 0. The summed E-state index contributed by atoms with van der Waals surface area (Å²) in [4.78, 5) is 25.1. The maximum absolute atomic E-state index is 12.3. The first-order valence-electron chi connectivity index (χ1n) is 7.70. The standard InChI is InChI=1S/C17H23NO4/c1-12(2)15-11-22-17(21)18(15)16(20)10-14(19)9-8-13-6-4-3-5-7-13/h3-7,12,14-15,19H,8-11H2,1-2H3/t14-,15+/m0/s1. The number of cyclic esters (lactones) is 1. The van der Waals surface area contributed by atoms with E-state index in [0.717, 1.165) is 10.5 Å². The van der Waals surface area contributed by atoms with E-state index in [0.29, 0.717) is 12.8 Å². The Labute approximate surface area is 130 Å². The zero-order valence-corrected chi connectivity index (χ0v) is 13.1. The maximum atomic E-state index is 12.3. The predicted molar refractivity (Wildman–Crippen MR) is 82.2 cm³/mol. The normalized spacial score (nSPS) is 19.4.